The van der Waals surface area contributed by atoms with E-state index in [1.807, 2.05) is 33.3 Å². The molecule has 0 aromatic heterocycles. The lowest BCUT2D eigenvalue weighted by molar-refractivity contribution is -0.870. The summed E-state index contributed by atoms with van der Waals surface area (Å²) >= 11 is 0. The lowest BCUT2D eigenvalue weighted by atomic mass is 10.0. The quantitative estimate of drug-likeness (QED) is 0.0205. The first-order valence-corrected chi connectivity index (χ1v) is 32.8. The van der Waals surface area contributed by atoms with Gasteiger partial charge in [-0.25, -0.2) is 4.57 Å². The van der Waals surface area contributed by atoms with Gasteiger partial charge >= 0.3 is 13.8 Å². The molecule has 2 N–H and O–H groups in total. The van der Waals surface area contributed by atoms with Crippen LogP contribution in [0.15, 0.2) is 36.5 Å². The molecule has 0 heterocycles. The van der Waals surface area contributed by atoms with Crippen LogP contribution in [0.5, 0.6) is 0 Å². The van der Waals surface area contributed by atoms with Gasteiger partial charge in [-0.3, -0.25) is 18.6 Å². The van der Waals surface area contributed by atoms with Crippen molar-refractivity contribution in [1.29, 1.82) is 0 Å². The minimum Gasteiger partial charge on any atom is -0.456 e. The van der Waals surface area contributed by atoms with Gasteiger partial charge in [0.2, 0.25) is 5.91 Å². The number of carbonyl (C=O) groups is 2. The van der Waals surface area contributed by atoms with Crippen LogP contribution in [0.2, 0.25) is 0 Å². The van der Waals surface area contributed by atoms with Crippen molar-refractivity contribution >= 4 is 19.7 Å². The fourth-order valence-electron chi connectivity index (χ4n) is 9.15. The van der Waals surface area contributed by atoms with Crippen molar-refractivity contribution in [3.63, 3.8) is 0 Å². The molecule has 3 unspecified atom stereocenters. The second kappa shape index (κ2) is 53.6. The van der Waals surface area contributed by atoms with E-state index in [0.29, 0.717) is 17.4 Å². The van der Waals surface area contributed by atoms with Gasteiger partial charge < -0.3 is 19.4 Å². The minimum absolute atomic E-state index is 0.0408. The summed E-state index contributed by atoms with van der Waals surface area (Å²) in [6.45, 7) is 6.99. The van der Waals surface area contributed by atoms with Crippen LogP contribution >= 0.6 is 7.82 Å². The molecular formula is C63H122N2O7P+. The summed E-state index contributed by atoms with van der Waals surface area (Å²) in [5, 5.41) is 3.06. The van der Waals surface area contributed by atoms with E-state index < -0.39 is 20.0 Å². The highest BCUT2D eigenvalue weighted by molar-refractivity contribution is 7.47. The molecule has 0 aliphatic carbocycles. The standard InChI is InChI=1S/C63H121N2O7P/c1-7-10-13-16-19-22-25-27-28-29-30-31-32-33-34-35-36-38-41-43-46-49-52-55-62(66)64-60(59-71-73(68,69)70-58-57-65(4,5)6)61(54-51-48-45-42-40-37-26-23-20-17-14-11-8-2)72-63(67)56-53-50-47-44-39-24-21-18-15-12-9-3/h18,21,27-28,51,54,60-61H,7-17,19-20,22-26,29-50,52-53,55-59H2,1-6H3,(H-,64,66,68,69)/p+1/b21-18-,28-27+,54-51+. The average molecular weight is 1050 g/mol. The highest BCUT2D eigenvalue weighted by atomic mass is 31.2. The van der Waals surface area contributed by atoms with Gasteiger partial charge in [-0.15, -0.1) is 0 Å². The topological polar surface area (TPSA) is 111 Å². The SMILES string of the molecule is CCCC/C=C\CCCCCCCC(=O)OC(/C=C/CCCCCCCCCCCCC)C(COP(=O)(O)OCC[N+](C)(C)C)NC(=O)CCCCCCCCCCCCCCC/C=C/CCCCCCCC. The van der Waals surface area contributed by atoms with Gasteiger partial charge in [-0.05, 0) is 76.7 Å². The van der Waals surface area contributed by atoms with Crippen molar-refractivity contribution in [3.05, 3.63) is 36.5 Å². The van der Waals surface area contributed by atoms with Gasteiger partial charge in [0.15, 0.2) is 0 Å². The molecule has 0 spiro atoms. The predicted octanol–water partition coefficient (Wildman–Crippen LogP) is 19.1. The van der Waals surface area contributed by atoms with Gasteiger partial charge in [-0.2, -0.15) is 0 Å². The fourth-order valence-corrected chi connectivity index (χ4v) is 9.89. The number of phosphoric acid groups is 1. The van der Waals surface area contributed by atoms with Crippen LogP contribution in [-0.4, -0.2) is 74.3 Å². The zero-order chi connectivity index (χ0) is 53.6. The Kier molecular flexibility index (Phi) is 52.3. The molecule has 0 rings (SSSR count). The van der Waals surface area contributed by atoms with Crippen LogP contribution in [0, 0.1) is 0 Å². The maximum absolute atomic E-state index is 13.5. The number of nitrogens with one attached hydrogen (secondary N) is 1. The normalized spacial score (nSPS) is 13.9. The van der Waals surface area contributed by atoms with Crippen LogP contribution in [-0.2, 0) is 27.9 Å². The minimum atomic E-state index is -4.44. The van der Waals surface area contributed by atoms with E-state index in [4.69, 9.17) is 13.8 Å². The summed E-state index contributed by atoms with van der Waals surface area (Å²) in [6, 6.07) is -0.848. The molecule has 0 radical (unpaired) electrons. The zero-order valence-electron chi connectivity index (χ0n) is 49.1. The summed E-state index contributed by atoms with van der Waals surface area (Å²) in [6.07, 6.45) is 64.3. The Morgan fingerprint density at radius 2 is 0.808 bits per heavy atom. The lowest BCUT2D eigenvalue weighted by Gasteiger charge is -2.27. The monoisotopic (exact) mass is 1050 g/mol. The van der Waals surface area contributed by atoms with E-state index in [-0.39, 0.29) is 31.5 Å². The summed E-state index contributed by atoms with van der Waals surface area (Å²) in [4.78, 5) is 37.6. The zero-order valence-corrected chi connectivity index (χ0v) is 50.0. The first-order chi connectivity index (χ1) is 35.4. The van der Waals surface area contributed by atoms with Crippen LogP contribution in [0.25, 0.3) is 0 Å². The second-order valence-electron chi connectivity index (χ2n) is 22.6. The Bertz CT molecular complexity index is 1350. The molecule has 73 heavy (non-hydrogen) atoms. The first-order valence-electron chi connectivity index (χ1n) is 31.3. The molecule has 0 aliphatic heterocycles. The van der Waals surface area contributed by atoms with E-state index in [9.17, 15) is 19.0 Å². The largest absolute Gasteiger partial charge is 0.472 e. The van der Waals surface area contributed by atoms with E-state index in [2.05, 4.69) is 50.4 Å². The summed E-state index contributed by atoms with van der Waals surface area (Å²) in [7, 11) is 1.50. The molecule has 0 aromatic carbocycles. The van der Waals surface area contributed by atoms with Gasteiger partial charge in [0.1, 0.15) is 19.3 Å². The number of allylic oxidation sites excluding steroid dienone is 5. The second-order valence-corrected chi connectivity index (χ2v) is 24.0. The maximum Gasteiger partial charge on any atom is 0.472 e. The van der Waals surface area contributed by atoms with Crippen molar-refractivity contribution in [2.45, 2.75) is 315 Å². The molecule has 0 saturated heterocycles. The molecule has 10 heteroatoms. The van der Waals surface area contributed by atoms with Crippen molar-refractivity contribution in [2.24, 2.45) is 0 Å². The molecule has 0 fully saturated rings. The molecule has 0 aromatic rings. The Balaban J connectivity index is 5.12. The first kappa shape index (κ1) is 71.2. The summed E-state index contributed by atoms with van der Waals surface area (Å²) < 4.78 is 30.7. The number of unbranched alkanes of at least 4 members (excludes halogenated alkanes) is 37. The smallest absolute Gasteiger partial charge is 0.456 e. The number of hydrogen-bond donors (Lipinski definition) is 2. The summed E-state index contributed by atoms with van der Waals surface area (Å²) in [5.41, 5.74) is 0. The maximum atomic E-state index is 13.5. The molecule has 9 nitrogen and oxygen atoms in total. The number of nitrogens with zero attached hydrogens (tertiary/aromatic N) is 1. The van der Waals surface area contributed by atoms with Crippen LogP contribution in [0.1, 0.15) is 303 Å². The number of likely N-dealkylation sites (N-methyl/N-ethyl adjacent to an activating group) is 1. The highest BCUT2D eigenvalue weighted by Gasteiger charge is 2.30. The molecular weight excluding hydrogens is 928 g/mol. The van der Waals surface area contributed by atoms with Crippen LogP contribution in [0.3, 0.4) is 0 Å². The van der Waals surface area contributed by atoms with Crippen LogP contribution < -0.4 is 5.32 Å². The van der Waals surface area contributed by atoms with Crippen molar-refractivity contribution < 1.29 is 37.3 Å². The Morgan fingerprint density at radius 1 is 0.466 bits per heavy atom. The number of quaternary nitrogens is 1. The number of hydrogen-bond acceptors (Lipinski definition) is 6. The van der Waals surface area contributed by atoms with E-state index >= 15 is 0 Å². The average Bonchev–Trinajstić information content (AvgIpc) is 3.35. The molecule has 430 valence electrons. The fraction of sp³-hybridized carbons (Fsp3) is 0.873. The number of ether oxygens (including phenoxy) is 1. The Morgan fingerprint density at radius 3 is 1.21 bits per heavy atom. The predicted molar refractivity (Wildman–Crippen MR) is 314 cm³/mol. The van der Waals surface area contributed by atoms with Gasteiger partial charge in [0, 0.05) is 12.8 Å². The van der Waals surface area contributed by atoms with Crippen molar-refractivity contribution in [1.82, 2.24) is 5.32 Å². The Labute approximate surface area is 453 Å². The molecule has 3 atom stereocenters. The third-order valence-electron chi connectivity index (χ3n) is 14.1. The van der Waals surface area contributed by atoms with Gasteiger partial charge in [0.25, 0.3) is 0 Å². The van der Waals surface area contributed by atoms with Crippen molar-refractivity contribution in [2.75, 3.05) is 40.9 Å². The van der Waals surface area contributed by atoms with E-state index in [1.54, 1.807) is 0 Å². The number of rotatable bonds is 57. The molecule has 1 amide bonds. The van der Waals surface area contributed by atoms with Crippen molar-refractivity contribution in [3.8, 4) is 0 Å². The third-order valence-corrected chi connectivity index (χ3v) is 15.0. The van der Waals surface area contributed by atoms with Gasteiger partial charge in [0.05, 0.1) is 33.8 Å². The van der Waals surface area contributed by atoms with E-state index in [0.717, 1.165) is 83.5 Å². The molecule has 0 bridgehead atoms. The number of carbonyl (C=O) groups excluding carboxylic acids is 2. The highest BCUT2D eigenvalue weighted by Crippen LogP contribution is 2.43. The Hall–Kier alpha value is -1.77. The molecule has 0 aliphatic rings. The lowest BCUT2D eigenvalue weighted by Crippen LogP contribution is -2.47. The number of phosphoric ester groups is 1. The van der Waals surface area contributed by atoms with E-state index in [1.165, 1.54) is 186 Å². The van der Waals surface area contributed by atoms with Gasteiger partial charge in [-0.1, -0.05) is 250 Å². The summed E-state index contributed by atoms with van der Waals surface area (Å²) in [5.74, 6) is -0.506. The number of esters is 1. The molecule has 0 saturated carbocycles. The van der Waals surface area contributed by atoms with Crippen LogP contribution in [0.4, 0.5) is 0 Å². The third kappa shape index (κ3) is 54.8. The number of amides is 1.